The van der Waals surface area contributed by atoms with E-state index in [4.69, 9.17) is 10.8 Å². The number of carbonyl (C=O) groups is 1. The zero-order valence-corrected chi connectivity index (χ0v) is 16.2. The topological polar surface area (TPSA) is 63.3 Å². The quantitative estimate of drug-likeness (QED) is 0.288. The van der Waals surface area contributed by atoms with Crippen LogP contribution in [0.4, 0.5) is 0 Å². The minimum atomic E-state index is -0.708. The maximum absolute atomic E-state index is 10.5. The average molecular weight is 350 g/mol. The maximum Gasteiger partial charge on any atom is 0.303 e. The Hall–Kier alpha value is -1.09. The number of carboxylic acids is 1. The molecule has 0 amide bonds. The fourth-order valence-electron chi connectivity index (χ4n) is 3.79. The van der Waals surface area contributed by atoms with Gasteiger partial charge < -0.3 is 10.8 Å². The van der Waals surface area contributed by atoms with Crippen molar-refractivity contribution in [1.82, 2.24) is 0 Å². The Balaban J connectivity index is 2.01. The van der Waals surface area contributed by atoms with Gasteiger partial charge in [0.2, 0.25) is 0 Å². The third kappa shape index (κ3) is 11.2. The molecule has 0 aromatic heterocycles. The largest absolute Gasteiger partial charge is 0.481 e. The van der Waals surface area contributed by atoms with Gasteiger partial charge >= 0.3 is 5.97 Å². The van der Waals surface area contributed by atoms with E-state index in [9.17, 15) is 4.79 Å². The molecule has 0 fully saturated rings. The van der Waals surface area contributed by atoms with Crippen molar-refractivity contribution in [3.63, 3.8) is 0 Å². The molecular weight excluding hydrogens is 310 g/mol. The predicted octanol–water partition coefficient (Wildman–Crippen LogP) is 5.85. The van der Waals surface area contributed by atoms with Gasteiger partial charge in [-0.3, -0.25) is 4.79 Å². The summed E-state index contributed by atoms with van der Waals surface area (Å²) < 4.78 is 0. The van der Waals surface area contributed by atoms with E-state index in [1.165, 1.54) is 57.8 Å². The molecule has 0 spiro atoms. The Morgan fingerprint density at radius 1 is 1.32 bits per heavy atom. The maximum atomic E-state index is 10.5. The van der Waals surface area contributed by atoms with Crippen LogP contribution < -0.4 is 5.73 Å². The highest BCUT2D eigenvalue weighted by atomic mass is 16.4. The van der Waals surface area contributed by atoms with Crippen molar-refractivity contribution in [3.05, 3.63) is 23.8 Å². The first-order valence-corrected chi connectivity index (χ1v) is 10.4. The molecule has 144 valence electrons. The van der Waals surface area contributed by atoms with Gasteiger partial charge in [0, 0.05) is 6.42 Å². The van der Waals surface area contributed by atoms with Crippen LogP contribution in [-0.2, 0) is 4.79 Å². The van der Waals surface area contributed by atoms with Gasteiger partial charge in [-0.15, -0.1) is 0 Å². The summed E-state index contributed by atoms with van der Waals surface area (Å²) in [4.78, 5) is 10.5. The molecule has 0 saturated heterocycles. The molecule has 3 nitrogen and oxygen atoms in total. The summed E-state index contributed by atoms with van der Waals surface area (Å²) in [6.45, 7) is 3.06. The van der Waals surface area contributed by atoms with Crippen molar-refractivity contribution >= 4 is 5.97 Å². The van der Waals surface area contributed by atoms with E-state index in [2.05, 4.69) is 19.1 Å². The SMILES string of the molecule is CCC(CC=CCCC(=O)O)CCCCCCC1C=C(CCN)CC1. The molecule has 1 rings (SSSR count). The highest BCUT2D eigenvalue weighted by Gasteiger charge is 2.14. The molecule has 25 heavy (non-hydrogen) atoms. The summed E-state index contributed by atoms with van der Waals surface area (Å²) in [5.41, 5.74) is 7.23. The minimum Gasteiger partial charge on any atom is -0.481 e. The molecule has 0 saturated carbocycles. The lowest BCUT2D eigenvalue weighted by Gasteiger charge is -2.12. The van der Waals surface area contributed by atoms with Gasteiger partial charge in [0.05, 0.1) is 0 Å². The highest BCUT2D eigenvalue weighted by molar-refractivity contribution is 5.66. The molecule has 2 atom stereocenters. The van der Waals surface area contributed by atoms with Gasteiger partial charge in [-0.2, -0.15) is 0 Å². The summed E-state index contributed by atoms with van der Waals surface area (Å²) in [5.74, 6) is 0.874. The zero-order valence-electron chi connectivity index (χ0n) is 16.2. The number of hydrogen-bond donors (Lipinski definition) is 2. The number of nitrogens with two attached hydrogens (primary N) is 1. The number of rotatable bonds is 15. The van der Waals surface area contributed by atoms with Crippen LogP contribution >= 0.6 is 0 Å². The molecule has 0 radical (unpaired) electrons. The molecule has 0 aromatic carbocycles. The van der Waals surface area contributed by atoms with Gasteiger partial charge in [0.15, 0.2) is 0 Å². The molecule has 1 aliphatic rings. The minimum absolute atomic E-state index is 0.247. The third-order valence-corrected chi connectivity index (χ3v) is 5.45. The van der Waals surface area contributed by atoms with Crippen LogP contribution in [0.1, 0.15) is 90.4 Å². The van der Waals surface area contributed by atoms with Crippen LogP contribution in [0.3, 0.4) is 0 Å². The van der Waals surface area contributed by atoms with Crippen molar-refractivity contribution in [1.29, 1.82) is 0 Å². The smallest absolute Gasteiger partial charge is 0.303 e. The first-order valence-electron chi connectivity index (χ1n) is 10.4. The van der Waals surface area contributed by atoms with Gasteiger partial charge in [-0.05, 0) is 56.9 Å². The van der Waals surface area contributed by atoms with Gasteiger partial charge in [-0.1, -0.05) is 69.2 Å². The number of allylic oxidation sites excluding steroid dienone is 3. The monoisotopic (exact) mass is 349 g/mol. The molecule has 0 heterocycles. The Bertz CT molecular complexity index is 414. The first kappa shape index (κ1) is 22.0. The average Bonchev–Trinajstić information content (AvgIpc) is 3.03. The van der Waals surface area contributed by atoms with Crippen LogP contribution in [-0.4, -0.2) is 17.6 Å². The molecule has 3 heteroatoms. The van der Waals surface area contributed by atoms with Crippen molar-refractivity contribution in [3.8, 4) is 0 Å². The van der Waals surface area contributed by atoms with E-state index >= 15 is 0 Å². The molecule has 0 bridgehead atoms. The van der Waals surface area contributed by atoms with Crippen LogP contribution in [0.2, 0.25) is 0 Å². The third-order valence-electron chi connectivity index (χ3n) is 5.45. The first-order chi connectivity index (χ1) is 12.2. The second-order valence-electron chi connectivity index (χ2n) is 7.57. The fraction of sp³-hybridized carbons (Fsp3) is 0.773. The second-order valence-corrected chi connectivity index (χ2v) is 7.57. The summed E-state index contributed by atoms with van der Waals surface area (Å²) in [6, 6.07) is 0. The lowest BCUT2D eigenvalue weighted by molar-refractivity contribution is -0.136. The van der Waals surface area contributed by atoms with E-state index in [0.29, 0.717) is 6.42 Å². The van der Waals surface area contributed by atoms with Crippen molar-refractivity contribution in [2.45, 2.75) is 90.4 Å². The van der Waals surface area contributed by atoms with E-state index < -0.39 is 5.97 Å². The predicted molar refractivity (Wildman–Crippen MR) is 107 cm³/mol. The summed E-state index contributed by atoms with van der Waals surface area (Å²) in [7, 11) is 0. The Labute approximate surface area is 154 Å². The molecule has 3 N–H and O–H groups in total. The van der Waals surface area contributed by atoms with Crippen LogP contribution in [0.5, 0.6) is 0 Å². The lowest BCUT2D eigenvalue weighted by Crippen LogP contribution is -1.98. The van der Waals surface area contributed by atoms with Crippen LogP contribution in [0, 0.1) is 11.8 Å². The number of carboxylic acid groups (broad SMARTS) is 1. The lowest BCUT2D eigenvalue weighted by atomic mass is 9.94. The number of unbranched alkanes of at least 4 members (excludes halogenated alkanes) is 3. The Morgan fingerprint density at radius 2 is 2.12 bits per heavy atom. The summed E-state index contributed by atoms with van der Waals surface area (Å²) >= 11 is 0. The van der Waals surface area contributed by atoms with E-state index in [-0.39, 0.29) is 6.42 Å². The van der Waals surface area contributed by atoms with Gasteiger partial charge in [-0.25, -0.2) is 0 Å². The second kappa shape index (κ2) is 14.1. The van der Waals surface area contributed by atoms with E-state index in [0.717, 1.165) is 31.2 Å². The normalized spacial score (nSPS) is 18.6. The molecule has 0 aliphatic heterocycles. The molecule has 1 aliphatic carbocycles. The van der Waals surface area contributed by atoms with Crippen molar-refractivity contribution < 1.29 is 9.90 Å². The Kier molecular flexibility index (Phi) is 12.4. The van der Waals surface area contributed by atoms with Crippen molar-refractivity contribution in [2.24, 2.45) is 17.6 Å². The van der Waals surface area contributed by atoms with Crippen LogP contribution in [0.25, 0.3) is 0 Å². The molecule has 2 unspecified atom stereocenters. The summed E-state index contributed by atoms with van der Waals surface area (Å²) in [5, 5.41) is 8.62. The van der Waals surface area contributed by atoms with E-state index in [1.54, 1.807) is 5.57 Å². The van der Waals surface area contributed by atoms with Crippen LogP contribution in [0.15, 0.2) is 23.8 Å². The molecular formula is C22H39NO2. The Morgan fingerprint density at radius 3 is 2.84 bits per heavy atom. The van der Waals surface area contributed by atoms with E-state index in [1.807, 2.05) is 6.08 Å². The standard InChI is InChI=1S/C22H39NO2/c1-2-19(11-8-5-9-13-22(24)25)10-6-3-4-7-12-20-14-15-21(18-20)16-17-23/h5,8,18-20H,2-4,6-7,9-17,23H2,1H3,(H,24,25). The zero-order chi connectivity index (χ0) is 18.3. The van der Waals surface area contributed by atoms with Crippen molar-refractivity contribution in [2.75, 3.05) is 6.54 Å². The highest BCUT2D eigenvalue weighted by Crippen LogP contribution is 2.30. The fourth-order valence-corrected chi connectivity index (χ4v) is 3.79. The summed E-state index contributed by atoms with van der Waals surface area (Å²) in [6.07, 6.45) is 21.8. The number of aliphatic carboxylic acids is 1. The molecule has 0 aromatic rings. The number of hydrogen-bond acceptors (Lipinski definition) is 2. The van der Waals surface area contributed by atoms with Gasteiger partial charge in [0.1, 0.15) is 0 Å². The van der Waals surface area contributed by atoms with Gasteiger partial charge in [0.25, 0.3) is 0 Å².